The van der Waals surface area contributed by atoms with Gasteiger partial charge in [-0.3, -0.25) is 0 Å². The van der Waals surface area contributed by atoms with E-state index in [0.717, 1.165) is 0 Å². The number of oxazole rings is 1. The summed E-state index contributed by atoms with van der Waals surface area (Å²) in [6.45, 7) is 0. The molecule has 2 aromatic rings. The van der Waals surface area contributed by atoms with Crippen LogP contribution >= 0.6 is 23.2 Å². The molecule has 0 amide bonds. The van der Waals surface area contributed by atoms with Gasteiger partial charge in [-0.1, -0.05) is 23.7 Å². The summed E-state index contributed by atoms with van der Waals surface area (Å²) in [7, 11) is 0. The molecule has 0 saturated carbocycles. The van der Waals surface area contributed by atoms with Gasteiger partial charge < -0.3 is 9.52 Å². The van der Waals surface area contributed by atoms with Gasteiger partial charge in [-0.25, -0.2) is 0 Å². The zero-order valence-electron chi connectivity index (χ0n) is 6.87. The van der Waals surface area contributed by atoms with Crippen molar-refractivity contribution in [2.45, 2.75) is 0 Å². The molecule has 0 saturated heterocycles. The summed E-state index contributed by atoms with van der Waals surface area (Å²) in [5, 5.41) is 9.83. The first-order valence-corrected chi connectivity index (χ1v) is 4.53. The molecule has 72 valence electrons. The predicted octanol–water partition coefficient (Wildman–Crippen LogP) is 3.35. The minimum Gasteiger partial charge on any atom is -0.479 e. The Labute approximate surface area is 89.9 Å². The molecule has 0 bridgehead atoms. The van der Waals surface area contributed by atoms with Gasteiger partial charge >= 0.3 is 5.95 Å². The molecule has 1 aromatic heterocycles. The van der Waals surface area contributed by atoms with Gasteiger partial charge in [0.05, 0.1) is 0 Å². The Morgan fingerprint density at radius 1 is 1.14 bits per heavy atom. The second-order valence-electron chi connectivity index (χ2n) is 2.63. The number of hydrogen-bond acceptors (Lipinski definition) is 3. The Morgan fingerprint density at radius 2 is 1.79 bits per heavy atom. The summed E-state index contributed by atoms with van der Waals surface area (Å²) in [6.07, 6.45) is 0. The minimum atomic E-state index is -0.294. The minimum absolute atomic E-state index is 0.0903. The Hall–Kier alpha value is -1.19. The molecule has 0 spiro atoms. The lowest BCUT2D eigenvalue weighted by atomic mass is 10.2. The van der Waals surface area contributed by atoms with Crippen LogP contribution in [0.4, 0.5) is 0 Å². The van der Waals surface area contributed by atoms with Gasteiger partial charge in [-0.15, -0.1) is 0 Å². The molecule has 0 aliphatic rings. The largest absolute Gasteiger partial charge is 0.479 e. The van der Waals surface area contributed by atoms with Crippen LogP contribution in [-0.4, -0.2) is 10.1 Å². The van der Waals surface area contributed by atoms with Crippen LogP contribution in [-0.2, 0) is 0 Å². The van der Waals surface area contributed by atoms with Crippen molar-refractivity contribution < 1.29 is 9.52 Å². The van der Waals surface area contributed by atoms with Gasteiger partial charge in [0.25, 0.3) is 5.35 Å². The predicted molar refractivity (Wildman–Crippen MR) is 53.6 cm³/mol. The number of benzene rings is 1. The number of aromatic hydroxyl groups is 1. The molecule has 0 aliphatic carbocycles. The van der Waals surface area contributed by atoms with Crippen molar-refractivity contribution in [2.24, 2.45) is 0 Å². The first-order chi connectivity index (χ1) is 6.66. The summed E-state index contributed by atoms with van der Waals surface area (Å²) in [6, 6.07) is 6.82. The van der Waals surface area contributed by atoms with E-state index < -0.39 is 0 Å². The highest BCUT2D eigenvalue weighted by Crippen LogP contribution is 2.31. The highest BCUT2D eigenvalue weighted by molar-refractivity contribution is 6.30. The fourth-order valence-electron chi connectivity index (χ4n) is 1.08. The van der Waals surface area contributed by atoms with Crippen LogP contribution in [0, 0.1) is 0 Å². The van der Waals surface area contributed by atoms with E-state index in [4.69, 9.17) is 23.2 Å². The molecule has 3 nitrogen and oxygen atoms in total. The smallest absolute Gasteiger partial charge is 0.312 e. The fraction of sp³-hybridized carbons (Fsp3) is 0. The van der Waals surface area contributed by atoms with E-state index in [1.807, 2.05) is 0 Å². The van der Waals surface area contributed by atoms with E-state index >= 15 is 0 Å². The van der Waals surface area contributed by atoms with Gasteiger partial charge in [0.2, 0.25) is 0 Å². The lowest BCUT2D eigenvalue weighted by Crippen LogP contribution is -1.77. The van der Waals surface area contributed by atoms with E-state index in [2.05, 4.69) is 9.40 Å². The molecule has 5 heteroatoms. The first kappa shape index (κ1) is 9.37. The quantitative estimate of drug-likeness (QED) is 0.816. The fourth-order valence-corrected chi connectivity index (χ4v) is 1.37. The summed E-state index contributed by atoms with van der Waals surface area (Å²) in [4.78, 5) is 3.82. The Bertz CT molecular complexity index is 450. The van der Waals surface area contributed by atoms with Crippen LogP contribution in [0.5, 0.6) is 5.95 Å². The van der Waals surface area contributed by atoms with Crippen molar-refractivity contribution >= 4 is 23.2 Å². The number of hydrogen-bond donors (Lipinski definition) is 1. The van der Waals surface area contributed by atoms with Gasteiger partial charge in [-0.2, -0.15) is 4.98 Å². The van der Waals surface area contributed by atoms with E-state index in [9.17, 15) is 5.11 Å². The maximum atomic E-state index is 9.31. The third-order valence-corrected chi connectivity index (χ3v) is 2.11. The second kappa shape index (κ2) is 3.52. The Kier molecular flexibility index (Phi) is 2.35. The average Bonchev–Trinajstić information content (AvgIpc) is 2.47. The summed E-state index contributed by atoms with van der Waals surface area (Å²) < 4.78 is 4.68. The maximum absolute atomic E-state index is 9.31. The van der Waals surface area contributed by atoms with Crippen LogP contribution in [0.3, 0.4) is 0 Å². The lowest BCUT2D eigenvalue weighted by molar-refractivity contribution is 0.334. The van der Waals surface area contributed by atoms with Gasteiger partial charge in [0.1, 0.15) is 0 Å². The van der Waals surface area contributed by atoms with Crippen molar-refractivity contribution in [1.29, 1.82) is 0 Å². The molecule has 0 atom stereocenters. The van der Waals surface area contributed by atoms with Crippen LogP contribution in [0.1, 0.15) is 0 Å². The van der Waals surface area contributed by atoms with Crippen LogP contribution < -0.4 is 0 Å². The topological polar surface area (TPSA) is 46.3 Å². The van der Waals surface area contributed by atoms with Gasteiger partial charge in [0, 0.05) is 10.6 Å². The normalized spacial score (nSPS) is 10.4. The average molecular weight is 230 g/mol. The molecule has 1 N–H and O–H groups in total. The van der Waals surface area contributed by atoms with E-state index in [1.54, 1.807) is 24.3 Å². The lowest BCUT2D eigenvalue weighted by Gasteiger charge is -1.95. The zero-order chi connectivity index (χ0) is 10.1. The highest BCUT2D eigenvalue weighted by atomic mass is 35.5. The number of rotatable bonds is 1. The third-order valence-electron chi connectivity index (χ3n) is 1.70. The standard InChI is InChI=1S/C9H5Cl2NO2/c10-6-3-1-5(2-4-6)7-8(13)14-9(11)12-7/h1-4,13H. The zero-order valence-corrected chi connectivity index (χ0v) is 8.38. The summed E-state index contributed by atoms with van der Waals surface area (Å²) in [5.41, 5.74) is 1.01. The van der Waals surface area contributed by atoms with Crippen molar-refractivity contribution in [3.8, 4) is 17.2 Å². The summed E-state index contributed by atoms with van der Waals surface area (Å²) >= 11 is 11.2. The monoisotopic (exact) mass is 229 g/mol. The molecule has 2 rings (SSSR count). The number of halogens is 2. The Morgan fingerprint density at radius 3 is 2.29 bits per heavy atom. The van der Waals surface area contributed by atoms with Crippen molar-refractivity contribution in [2.75, 3.05) is 0 Å². The first-order valence-electron chi connectivity index (χ1n) is 3.78. The highest BCUT2D eigenvalue weighted by Gasteiger charge is 2.12. The van der Waals surface area contributed by atoms with Crippen molar-refractivity contribution in [3.05, 3.63) is 34.6 Å². The van der Waals surface area contributed by atoms with Crippen molar-refractivity contribution in [1.82, 2.24) is 4.98 Å². The van der Waals surface area contributed by atoms with Crippen LogP contribution in [0.2, 0.25) is 10.4 Å². The van der Waals surface area contributed by atoms with E-state index in [0.29, 0.717) is 16.3 Å². The molecular weight excluding hydrogens is 225 g/mol. The van der Waals surface area contributed by atoms with Crippen LogP contribution in [0.15, 0.2) is 28.7 Å². The molecule has 0 radical (unpaired) electrons. The van der Waals surface area contributed by atoms with E-state index in [1.165, 1.54) is 0 Å². The third kappa shape index (κ3) is 1.69. The second-order valence-corrected chi connectivity index (χ2v) is 3.39. The molecule has 0 fully saturated rings. The van der Waals surface area contributed by atoms with Gasteiger partial charge in [-0.05, 0) is 23.7 Å². The molecule has 1 heterocycles. The SMILES string of the molecule is Oc1oc(Cl)nc1-c1ccc(Cl)cc1. The molecule has 0 aliphatic heterocycles. The number of nitrogens with zero attached hydrogens (tertiary/aromatic N) is 1. The summed E-state index contributed by atoms with van der Waals surface area (Å²) in [5.74, 6) is -0.294. The van der Waals surface area contributed by atoms with Gasteiger partial charge in [0.15, 0.2) is 5.69 Å². The van der Waals surface area contributed by atoms with E-state index in [-0.39, 0.29) is 11.3 Å². The molecule has 14 heavy (non-hydrogen) atoms. The Balaban J connectivity index is 2.49. The van der Waals surface area contributed by atoms with Crippen LogP contribution in [0.25, 0.3) is 11.3 Å². The molecule has 0 unspecified atom stereocenters. The number of aromatic nitrogens is 1. The molecule has 1 aromatic carbocycles. The molecular formula is C9H5Cl2NO2. The van der Waals surface area contributed by atoms with Crippen molar-refractivity contribution in [3.63, 3.8) is 0 Å². The maximum Gasteiger partial charge on any atom is 0.312 e.